The molecule has 0 aliphatic heterocycles. The zero-order chi connectivity index (χ0) is 36.6. The zero-order valence-corrected chi connectivity index (χ0v) is 30.9. The first-order chi connectivity index (χ1) is 27.3. The Bertz CT molecular complexity index is 2920. The normalized spacial score (nSPS) is 11.3. The number of benzene rings is 9. The second-order valence-electron chi connectivity index (χ2n) is 13.7. The van der Waals surface area contributed by atoms with E-state index in [4.69, 9.17) is 0 Å². The summed E-state index contributed by atoms with van der Waals surface area (Å²) in [6, 6.07) is 78.9. The van der Waals surface area contributed by atoms with Gasteiger partial charge in [0.25, 0.3) is 0 Å². The highest BCUT2D eigenvalue weighted by molar-refractivity contribution is 7.26. The molecule has 0 unspecified atom stereocenters. The fourth-order valence-electron chi connectivity index (χ4n) is 7.85. The molecule has 0 saturated heterocycles. The molecular weight excluding hydrogens is 685 g/mol. The third kappa shape index (κ3) is 6.01. The Kier molecular flexibility index (Phi) is 8.40. The van der Waals surface area contributed by atoms with Gasteiger partial charge in [-0.25, -0.2) is 0 Å². The molecule has 260 valence electrons. The summed E-state index contributed by atoms with van der Waals surface area (Å²) in [5.41, 5.74) is 11.3. The van der Waals surface area contributed by atoms with Crippen molar-refractivity contribution in [3.63, 3.8) is 0 Å². The van der Waals surface area contributed by atoms with Crippen LogP contribution in [0.3, 0.4) is 0 Å². The molecule has 0 radical (unpaired) electrons. The predicted octanol–water partition coefficient (Wildman–Crippen LogP) is 15.5. The van der Waals surface area contributed by atoms with Crippen LogP contribution in [0.2, 0.25) is 0 Å². The number of anilines is 6. The molecule has 0 aliphatic carbocycles. The van der Waals surface area contributed by atoms with Gasteiger partial charge in [-0.3, -0.25) is 0 Å². The van der Waals surface area contributed by atoms with Gasteiger partial charge in [0.15, 0.2) is 0 Å². The Morgan fingerprint density at radius 2 is 0.873 bits per heavy atom. The maximum Gasteiger partial charge on any atom is 0.0883 e. The number of fused-ring (bicyclic) bond motifs is 4. The van der Waals surface area contributed by atoms with E-state index in [0.717, 1.165) is 39.7 Å². The molecule has 0 saturated carbocycles. The molecule has 1 aromatic heterocycles. The van der Waals surface area contributed by atoms with Crippen molar-refractivity contribution in [3.8, 4) is 22.3 Å². The second kappa shape index (κ2) is 14.1. The molecule has 1 heterocycles. The third-order valence-corrected chi connectivity index (χ3v) is 11.6. The molecule has 0 N–H and O–H groups in total. The van der Waals surface area contributed by atoms with Crippen molar-refractivity contribution in [2.45, 2.75) is 0 Å². The molecule has 10 rings (SSSR count). The Labute approximate surface area is 325 Å². The van der Waals surface area contributed by atoms with E-state index in [-0.39, 0.29) is 0 Å². The van der Waals surface area contributed by atoms with Crippen LogP contribution >= 0.6 is 11.3 Å². The van der Waals surface area contributed by atoms with Crippen molar-refractivity contribution in [1.82, 2.24) is 0 Å². The Hall–Kier alpha value is -6.94. The summed E-state index contributed by atoms with van der Waals surface area (Å²) in [6.45, 7) is 0. The minimum absolute atomic E-state index is 1.09. The van der Waals surface area contributed by atoms with E-state index in [0.29, 0.717) is 0 Å². The van der Waals surface area contributed by atoms with Crippen molar-refractivity contribution in [1.29, 1.82) is 0 Å². The fourth-order valence-corrected chi connectivity index (χ4v) is 9.12. The van der Waals surface area contributed by atoms with Crippen LogP contribution in [0, 0.1) is 0 Å². The van der Waals surface area contributed by atoms with Crippen LogP contribution in [-0.2, 0) is 0 Å². The third-order valence-electron chi connectivity index (χ3n) is 10.4. The lowest BCUT2D eigenvalue weighted by atomic mass is 10.00. The average molecular weight is 721 g/mol. The van der Waals surface area contributed by atoms with Gasteiger partial charge in [0.1, 0.15) is 0 Å². The maximum absolute atomic E-state index is 2.47. The van der Waals surface area contributed by atoms with E-state index in [9.17, 15) is 0 Å². The summed E-state index contributed by atoms with van der Waals surface area (Å²) in [7, 11) is 0. The molecule has 3 heteroatoms. The minimum atomic E-state index is 1.09. The molecule has 0 atom stereocenters. The number of thiophene rings is 1. The van der Waals surface area contributed by atoms with E-state index >= 15 is 0 Å². The van der Waals surface area contributed by atoms with Crippen LogP contribution in [0.5, 0.6) is 0 Å². The van der Waals surface area contributed by atoms with E-state index in [1.165, 1.54) is 47.6 Å². The van der Waals surface area contributed by atoms with Crippen LogP contribution in [0.25, 0.3) is 53.2 Å². The first kappa shape index (κ1) is 32.7. The van der Waals surface area contributed by atoms with Crippen molar-refractivity contribution in [2.75, 3.05) is 9.80 Å². The topological polar surface area (TPSA) is 6.48 Å². The predicted molar refractivity (Wildman–Crippen MR) is 237 cm³/mol. The van der Waals surface area contributed by atoms with Gasteiger partial charge in [-0.2, -0.15) is 0 Å². The summed E-state index contributed by atoms with van der Waals surface area (Å²) in [5, 5.41) is 5.02. The van der Waals surface area contributed by atoms with E-state index in [1.54, 1.807) is 0 Å². The Morgan fingerprint density at radius 1 is 0.327 bits per heavy atom. The highest BCUT2D eigenvalue weighted by Crippen LogP contribution is 2.54. The van der Waals surface area contributed by atoms with Crippen molar-refractivity contribution in [2.24, 2.45) is 0 Å². The van der Waals surface area contributed by atoms with Crippen molar-refractivity contribution >= 4 is 76.4 Å². The largest absolute Gasteiger partial charge is 0.308 e. The number of para-hydroxylation sites is 3. The van der Waals surface area contributed by atoms with Gasteiger partial charge in [-0.05, 0) is 88.1 Å². The van der Waals surface area contributed by atoms with Crippen LogP contribution in [0.1, 0.15) is 0 Å². The lowest BCUT2D eigenvalue weighted by Gasteiger charge is -2.34. The lowest BCUT2D eigenvalue weighted by Crippen LogP contribution is -2.17. The highest BCUT2D eigenvalue weighted by Gasteiger charge is 2.27. The fraction of sp³-hybridized carbons (Fsp3) is 0. The highest BCUT2D eigenvalue weighted by atomic mass is 32.1. The standard InChI is InChI=1S/C52H36N2S/c1-5-18-37(19-6-1)39-24-17-29-44(34-39)53(42-25-9-3-10-26-42)51-49(33-32-46-47-35-40-22-13-14-23-41(40)36-50(47)55-52(46)51)54(43-27-11-4-12-28-43)48-31-16-15-30-45(48)38-20-7-2-8-21-38/h1-36H. The Balaban J connectivity index is 1.33. The molecule has 0 fully saturated rings. The maximum atomic E-state index is 2.47. The van der Waals surface area contributed by atoms with Crippen LogP contribution in [-0.4, -0.2) is 0 Å². The number of nitrogens with zero attached hydrogens (tertiary/aromatic N) is 2. The van der Waals surface area contributed by atoms with Gasteiger partial charge in [0.05, 0.1) is 21.8 Å². The first-order valence-corrected chi connectivity index (χ1v) is 19.5. The molecule has 0 aliphatic rings. The van der Waals surface area contributed by atoms with Crippen molar-refractivity contribution < 1.29 is 0 Å². The van der Waals surface area contributed by atoms with E-state index < -0.39 is 0 Å². The van der Waals surface area contributed by atoms with Gasteiger partial charge < -0.3 is 9.80 Å². The number of hydrogen-bond donors (Lipinski definition) is 0. The molecule has 2 nitrogen and oxygen atoms in total. The molecule has 0 amide bonds. The van der Waals surface area contributed by atoms with Gasteiger partial charge in [-0.1, -0.05) is 158 Å². The van der Waals surface area contributed by atoms with Gasteiger partial charge in [0.2, 0.25) is 0 Å². The van der Waals surface area contributed by atoms with Gasteiger partial charge >= 0.3 is 0 Å². The summed E-state index contributed by atoms with van der Waals surface area (Å²) < 4.78 is 2.50. The molecule has 10 aromatic rings. The molecule has 0 spiro atoms. The number of rotatable bonds is 8. The smallest absolute Gasteiger partial charge is 0.0883 e. The van der Waals surface area contributed by atoms with Crippen LogP contribution in [0.15, 0.2) is 218 Å². The Morgan fingerprint density at radius 3 is 1.58 bits per heavy atom. The molecule has 0 bridgehead atoms. The lowest BCUT2D eigenvalue weighted by molar-refractivity contribution is 1.24. The monoisotopic (exact) mass is 720 g/mol. The van der Waals surface area contributed by atoms with E-state index in [2.05, 4.69) is 228 Å². The SMILES string of the molecule is c1ccc(-c2cccc(N(c3ccccc3)c3c(N(c4ccccc4)c4ccccc4-c4ccccc4)ccc4c3sc3cc5ccccc5cc34)c2)cc1. The molecule has 9 aromatic carbocycles. The summed E-state index contributed by atoms with van der Waals surface area (Å²) >= 11 is 1.88. The minimum Gasteiger partial charge on any atom is -0.308 e. The van der Waals surface area contributed by atoms with E-state index in [1.807, 2.05) is 11.3 Å². The first-order valence-electron chi connectivity index (χ1n) is 18.7. The quantitative estimate of drug-likeness (QED) is 0.154. The summed E-state index contributed by atoms with van der Waals surface area (Å²) in [4.78, 5) is 4.93. The van der Waals surface area contributed by atoms with Gasteiger partial charge in [0, 0.05) is 38.1 Å². The average Bonchev–Trinajstić information content (AvgIpc) is 3.62. The molecular formula is C52H36N2S. The zero-order valence-electron chi connectivity index (χ0n) is 30.1. The van der Waals surface area contributed by atoms with Crippen LogP contribution < -0.4 is 9.80 Å². The summed E-state index contributed by atoms with van der Waals surface area (Å²) in [6.07, 6.45) is 0. The van der Waals surface area contributed by atoms with Crippen LogP contribution in [0.4, 0.5) is 34.1 Å². The van der Waals surface area contributed by atoms with Gasteiger partial charge in [-0.15, -0.1) is 11.3 Å². The second-order valence-corrected chi connectivity index (χ2v) is 14.8. The molecule has 55 heavy (non-hydrogen) atoms. The van der Waals surface area contributed by atoms with Crippen molar-refractivity contribution in [3.05, 3.63) is 218 Å². The number of hydrogen-bond acceptors (Lipinski definition) is 3. The summed E-state index contributed by atoms with van der Waals surface area (Å²) in [5.74, 6) is 0.